The van der Waals surface area contributed by atoms with Gasteiger partial charge in [-0.2, -0.15) is 5.26 Å². The van der Waals surface area contributed by atoms with Gasteiger partial charge in [-0.25, -0.2) is 0 Å². The standard InChI is InChI=1S/C12H11BrCl2N2/c13-8-4-9(14)12(10(15)5-8)17-11-3-1-2-7(11)6-16/h4-5,7,11,17H,1-3H2. The van der Waals surface area contributed by atoms with Gasteiger partial charge in [0, 0.05) is 10.5 Å². The summed E-state index contributed by atoms with van der Waals surface area (Å²) in [5, 5.41) is 13.5. The molecule has 17 heavy (non-hydrogen) atoms. The predicted octanol–water partition coefficient (Wildman–Crippen LogP) is 4.86. The van der Waals surface area contributed by atoms with Crippen LogP contribution in [0.5, 0.6) is 0 Å². The number of rotatable bonds is 2. The van der Waals surface area contributed by atoms with Crippen LogP contribution >= 0.6 is 39.1 Å². The third-order valence-electron chi connectivity index (χ3n) is 3.02. The molecule has 5 heteroatoms. The highest BCUT2D eigenvalue weighted by Crippen LogP contribution is 2.37. The van der Waals surface area contributed by atoms with Crippen LogP contribution in [-0.2, 0) is 0 Å². The Kier molecular flexibility index (Phi) is 4.19. The van der Waals surface area contributed by atoms with Gasteiger partial charge in [0.25, 0.3) is 0 Å². The Morgan fingerprint density at radius 2 is 1.94 bits per heavy atom. The molecule has 2 rings (SSSR count). The third-order valence-corrected chi connectivity index (χ3v) is 4.07. The Hall–Kier alpha value is -0.430. The minimum absolute atomic E-state index is 0.0470. The first-order valence-electron chi connectivity index (χ1n) is 5.42. The first kappa shape index (κ1) is 13.0. The van der Waals surface area contributed by atoms with Crippen molar-refractivity contribution >= 4 is 44.8 Å². The van der Waals surface area contributed by atoms with E-state index in [4.69, 9.17) is 28.5 Å². The molecule has 1 aromatic carbocycles. The number of anilines is 1. The van der Waals surface area contributed by atoms with Crippen molar-refractivity contribution in [1.82, 2.24) is 0 Å². The molecule has 1 fully saturated rings. The Bertz CT molecular complexity index is 447. The molecule has 1 saturated carbocycles. The Labute approximate surface area is 119 Å². The minimum atomic E-state index is 0.0470. The minimum Gasteiger partial charge on any atom is -0.379 e. The molecule has 0 radical (unpaired) electrons. The Morgan fingerprint density at radius 3 is 2.53 bits per heavy atom. The summed E-state index contributed by atoms with van der Waals surface area (Å²) in [5.41, 5.74) is 0.726. The zero-order chi connectivity index (χ0) is 12.4. The average Bonchev–Trinajstić information content (AvgIpc) is 2.70. The highest BCUT2D eigenvalue weighted by atomic mass is 79.9. The van der Waals surface area contributed by atoms with Gasteiger partial charge in [0.15, 0.2) is 0 Å². The zero-order valence-electron chi connectivity index (χ0n) is 9.01. The summed E-state index contributed by atoms with van der Waals surface area (Å²) in [7, 11) is 0. The second-order valence-corrected chi connectivity index (χ2v) is 5.89. The van der Waals surface area contributed by atoms with Gasteiger partial charge in [-0.1, -0.05) is 39.1 Å². The maximum Gasteiger partial charge on any atom is 0.0722 e. The SMILES string of the molecule is N#CC1CCCC1Nc1c(Cl)cc(Br)cc1Cl. The van der Waals surface area contributed by atoms with Crippen molar-refractivity contribution in [3.8, 4) is 6.07 Å². The monoisotopic (exact) mass is 332 g/mol. The van der Waals surface area contributed by atoms with E-state index < -0.39 is 0 Å². The number of benzene rings is 1. The molecule has 90 valence electrons. The van der Waals surface area contributed by atoms with Crippen LogP contribution in [0.25, 0.3) is 0 Å². The normalized spacial score (nSPS) is 23.4. The van der Waals surface area contributed by atoms with Crippen LogP contribution in [0.15, 0.2) is 16.6 Å². The smallest absolute Gasteiger partial charge is 0.0722 e. The maximum absolute atomic E-state index is 9.03. The summed E-state index contributed by atoms with van der Waals surface area (Å²) in [6, 6.07) is 6.07. The first-order chi connectivity index (χ1) is 8.11. The van der Waals surface area contributed by atoms with Crippen LogP contribution < -0.4 is 5.32 Å². The number of halogens is 3. The second kappa shape index (κ2) is 5.48. The summed E-state index contributed by atoms with van der Waals surface area (Å²) in [6.45, 7) is 0. The van der Waals surface area contributed by atoms with E-state index in [1.54, 1.807) is 12.1 Å². The van der Waals surface area contributed by atoms with Crippen molar-refractivity contribution in [1.29, 1.82) is 5.26 Å². The summed E-state index contributed by atoms with van der Waals surface area (Å²) < 4.78 is 0.848. The lowest BCUT2D eigenvalue weighted by atomic mass is 10.1. The molecule has 0 aromatic heterocycles. The lowest BCUT2D eigenvalue weighted by Gasteiger charge is -2.19. The largest absolute Gasteiger partial charge is 0.379 e. The van der Waals surface area contributed by atoms with Crippen LogP contribution in [0.2, 0.25) is 10.0 Å². The van der Waals surface area contributed by atoms with E-state index in [-0.39, 0.29) is 12.0 Å². The lowest BCUT2D eigenvalue weighted by Crippen LogP contribution is -2.23. The van der Waals surface area contributed by atoms with Gasteiger partial charge in [-0.15, -0.1) is 0 Å². The fraction of sp³-hybridized carbons (Fsp3) is 0.417. The molecule has 1 aliphatic carbocycles. The first-order valence-corrected chi connectivity index (χ1v) is 6.97. The van der Waals surface area contributed by atoms with Gasteiger partial charge in [0.05, 0.1) is 27.7 Å². The number of hydrogen-bond donors (Lipinski definition) is 1. The van der Waals surface area contributed by atoms with Gasteiger partial charge in [0.2, 0.25) is 0 Å². The molecule has 1 aliphatic rings. The van der Waals surface area contributed by atoms with Crippen molar-refractivity contribution in [2.24, 2.45) is 5.92 Å². The summed E-state index contributed by atoms with van der Waals surface area (Å²) in [5.74, 6) is 0.0470. The van der Waals surface area contributed by atoms with Crippen molar-refractivity contribution < 1.29 is 0 Å². The molecule has 0 aliphatic heterocycles. The lowest BCUT2D eigenvalue weighted by molar-refractivity contribution is 0.630. The highest BCUT2D eigenvalue weighted by molar-refractivity contribution is 9.10. The highest BCUT2D eigenvalue weighted by Gasteiger charge is 2.28. The zero-order valence-corrected chi connectivity index (χ0v) is 12.1. The van der Waals surface area contributed by atoms with Gasteiger partial charge in [-0.05, 0) is 31.4 Å². The quantitative estimate of drug-likeness (QED) is 0.838. The molecule has 0 heterocycles. The second-order valence-electron chi connectivity index (χ2n) is 4.16. The summed E-state index contributed by atoms with van der Waals surface area (Å²) in [4.78, 5) is 0. The van der Waals surface area contributed by atoms with E-state index in [2.05, 4.69) is 27.3 Å². The maximum atomic E-state index is 9.03. The molecule has 0 saturated heterocycles. The number of nitrogens with one attached hydrogen (secondary N) is 1. The van der Waals surface area contributed by atoms with E-state index in [0.29, 0.717) is 10.0 Å². The van der Waals surface area contributed by atoms with Crippen LogP contribution in [0.1, 0.15) is 19.3 Å². The van der Waals surface area contributed by atoms with Crippen molar-refractivity contribution in [3.63, 3.8) is 0 Å². The molecule has 0 bridgehead atoms. The Balaban J connectivity index is 2.22. The molecule has 2 unspecified atom stereocenters. The van der Waals surface area contributed by atoms with Gasteiger partial charge in [0.1, 0.15) is 0 Å². The number of nitriles is 1. The third kappa shape index (κ3) is 2.88. The van der Waals surface area contributed by atoms with E-state index in [1.807, 2.05) is 0 Å². The van der Waals surface area contributed by atoms with E-state index in [9.17, 15) is 0 Å². The van der Waals surface area contributed by atoms with Crippen molar-refractivity contribution in [2.75, 3.05) is 5.32 Å². The fourth-order valence-electron chi connectivity index (χ4n) is 2.15. The molecule has 2 atom stereocenters. The molecular weight excluding hydrogens is 323 g/mol. The molecule has 0 amide bonds. The van der Waals surface area contributed by atoms with Crippen molar-refractivity contribution in [2.45, 2.75) is 25.3 Å². The van der Waals surface area contributed by atoms with Crippen molar-refractivity contribution in [3.05, 3.63) is 26.7 Å². The van der Waals surface area contributed by atoms with Crippen LogP contribution in [0, 0.1) is 17.2 Å². The van der Waals surface area contributed by atoms with E-state index in [0.717, 1.165) is 29.4 Å². The molecule has 1 N–H and O–H groups in total. The summed E-state index contributed by atoms with van der Waals surface area (Å²) in [6.07, 6.45) is 3.00. The topological polar surface area (TPSA) is 35.8 Å². The molecule has 0 spiro atoms. The average molecular weight is 334 g/mol. The fourth-order valence-corrected chi connectivity index (χ4v) is 3.47. The van der Waals surface area contributed by atoms with E-state index in [1.165, 1.54) is 0 Å². The van der Waals surface area contributed by atoms with Gasteiger partial charge >= 0.3 is 0 Å². The van der Waals surface area contributed by atoms with E-state index >= 15 is 0 Å². The molecule has 2 nitrogen and oxygen atoms in total. The predicted molar refractivity (Wildman–Crippen MR) is 74.5 cm³/mol. The van der Waals surface area contributed by atoms with Gasteiger partial charge < -0.3 is 5.32 Å². The van der Waals surface area contributed by atoms with Crippen LogP contribution in [0.3, 0.4) is 0 Å². The molecular formula is C12H11BrCl2N2. The number of hydrogen-bond acceptors (Lipinski definition) is 2. The number of nitrogens with zero attached hydrogens (tertiary/aromatic N) is 1. The van der Waals surface area contributed by atoms with Gasteiger partial charge in [-0.3, -0.25) is 0 Å². The van der Waals surface area contributed by atoms with Crippen LogP contribution in [-0.4, -0.2) is 6.04 Å². The summed E-state index contributed by atoms with van der Waals surface area (Å²) >= 11 is 15.6. The molecule has 1 aromatic rings. The Morgan fingerprint density at radius 1 is 1.29 bits per heavy atom. The van der Waals surface area contributed by atoms with Crippen LogP contribution in [0.4, 0.5) is 5.69 Å².